The summed E-state index contributed by atoms with van der Waals surface area (Å²) in [6.45, 7) is 1.82. The van der Waals surface area contributed by atoms with Gasteiger partial charge in [-0.1, -0.05) is 36.4 Å². The van der Waals surface area contributed by atoms with Gasteiger partial charge in [0.15, 0.2) is 0 Å². The molecule has 0 spiro atoms. The van der Waals surface area contributed by atoms with Gasteiger partial charge in [-0.3, -0.25) is 9.59 Å². The summed E-state index contributed by atoms with van der Waals surface area (Å²) in [5.74, 6) is 0.395. The number of rotatable bonds is 5. The Morgan fingerprint density at radius 3 is 2.43 bits per heavy atom. The van der Waals surface area contributed by atoms with E-state index in [4.69, 9.17) is 0 Å². The van der Waals surface area contributed by atoms with Crippen LogP contribution in [0.15, 0.2) is 48.5 Å². The molecule has 2 aromatic rings. The molecule has 1 fully saturated rings. The molecule has 4 heteroatoms. The molecular weight excluding hydrogens is 348 g/mol. The molecule has 1 aliphatic heterocycles. The zero-order chi connectivity index (χ0) is 19.3. The SMILES string of the molecule is O=C(Nc1ccc(CCC(=O)N2CCCC2)cc1)C1CCc2ccccc2C1. The minimum atomic E-state index is 0.0349. The van der Waals surface area contributed by atoms with Crippen molar-refractivity contribution in [1.29, 1.82) is 0 Å². The molecule has 4 rings (SSSR count). The maximum atomic E-state index is 12.7. The molecule has 2 aliphatic rings. The second-order valence-corrected chi connectivity index (χ2v) is 7.98. The van der Waals surface area contributed by atoms with Crippen LogP contribution in [0, 0.1) is 5.92 Å². The predicted octanol–water partition coefficient (Wildman–Crippen LogP) is 3.99. The largest absolute Gasteiger partial charge is 0.343 e. The average molecular weight is 377 g/mol. The van der Waals surface area contributed by atoms with Crippen molar-refractivity contribution in [2.75, 3.05) is 18.4 Å². The summed E-state index contributed by atoms with van der Waals surface area (Å²) in [6.07, 6.45) is 6.27. The fourth-order valence-electron chi connectivity index (χ4n) is 4.30. The number of hydrogen-bond donors (Lipinski definition) is 1. The van der Waals surface area contributed by atoms with Crippen LogP contribution in [0.2, 0.25) is 0 Å². The van der Waals surface area contributed by atoms with Crippen molar-refractivity contribution in [1.82, 2.24) is 4.90 Å². The van der Waals surface area contributed by atoms with Gasteiger partial charge in [0.1, 0.15) is 0 Å². The van der Waals surface area contributed by atoms with E-state index in [1.54, 1.807) is 0 Å². The van der Waals surface area contributed by atoms with Gasteiger partial charge in [0.05, 0.1) is 0 Å². The Bertz CT molecular complexity index is 838. The highest BCUT2D eigenvalue weighted by atomic mass is 16.2. The Balaban J connectivity index is 1.28. The van der Waals surface area contributed by atoms with Crippen LogP contribution in [0.25, 0.3) is 0 Å². The molecule has 1 aliphatic carbocycles. The number of anilines is 1. The minimum Gasteiger partial charge on any atom is -0.343 e. The molecule has 2 amide bonds. The van der Waals surface area contributed by atoms with Gasteiger partial charge in [0.2, 0.25) is 11.8 Å². The molecule has 0 saturated carbocycles. The molecule has 146 valence electrons. The lowest BCUT2D eigenvalue weighted by atomic mass is 9.83. The molecule has 1 unspecified atom stereocenters. The van der Waals surface area contributed by atoms with Crippen LogP contribution >= 0.6 is 0 Å². The second kappa shape index (κ2) is 8.59. The minimum absolute atomic E-state index is 0.0349. The number of hydrogen-bond acceptors (Lipinski definition) is 2. The number of likely N-dealkylation sites (tertiary alicyclic amines) is 1. The van der Waals surface area contributed by atoms with E-state index < -0.39 is 0 Å². The van der Waals surface area contributed by atoms with E-state index in [0.717, 1.165) is 62.9 Å². The highest BCUT2D eigenvalue weighted by Gasteiger charge is 2.24. The fraction of sp³-hybridized carbons (Fsp3) is 0.417. The maximum absolute atomic E-state index is 12.7. The molecule has 4 nitrogen and oxygen atoms in total. The average Bonchev–Trinajstić information content (AvgIpc) is 3.27. The van der Waals surface area contributed by atoms with Crippen LogP contribution in [0.5, 0.6) is 0 Å². The molecular formula is C24H28N2O2. The van der Waals surface area contributed by atoms with Crippen LogP contribution in [-0.2, 0) is 28.9 Å². The van der Waals surface area contributed by atoms with E-state index in [2.05, 4.69) is 23.5 Å². The summed E-state index contributed by atoms with van der Waals surface area (Å²) in [4.78, 5) is 26.8. The molecule has 1 heterocycles. The molecule has 1 saturated heterocycles. The highest BCUT2D eigenvalue weighted by molar-refractivity contribution is 5.92. The van der Waals surface area contributed by atoms with Crippen molar-refractivity contribution in [2.45, 2.75) is 44.9 Å². The number of carbonyl (C=O) groups excluding carboxylic acids is 2. The van der Waals surface area contributed by atoms with Crippen LogP contribution in [0.1, 0.15) is 42.4 Å². The molecule has 0 aromatic heterocycles. The molecule has 0 bridgehead atoms. The number of aryl methyl sites for hydroxylation is 2. The van der Waals surface area contributed by atoms with Gasteiger partial charge < -0.3 is 10.2 Å². The molecule has 28 heavy (non-hydrogen) atoms. The predicted molar refractivity (Wildman–Crippen MR) is 111 cm³/mol. The Hall–Kier alpha value is -2.62. The molecule has 2 aromatic carbocycles. The third-order valence-electron chi connectivity index (χ3n) is 6.03. The number of nitrogens with zero attached hydrogens (tertiary/aromatic N) is 1. The third-order valence-corrected chi connectivity index (χ3v) is 6.03. The van der Waals surface area contributed by atoms with Crippen molar-refractivity contribution >= 4 is 17.5 Å². The Morgan fingerprint density at radius 1 is 0.964 bits per heavy atom. The van der Waals surface area contributed by atoms with Gasteiger partial charge in [0.25, 0.3) is 0 Å². The van der Waals surface area contributed by atoms with E-state index in [0.29, 0.717) is 6.42 Å². The quantitative estimate of drug-likeness (QED) is 0.858. The monoisotopic (exact) mass is 376 g/mol. The summed E-state index contributed by atoms with van der Waals surface area (Å²) >= 11 is 0. The standard InChI is InChI=1S/C24H28N2O2/c27-23(26-15-3-4-16-26)14-9-18-7-12-22(13-8-18)25-24(28)21-11-10-19-5-1-2-6-20(19)17-21/h1-2,5-8,12-13,21H,3-4,9-11,14-17H2,(H,25,28). The number of carbonyl (C=O) groups is 2. The maximum Gasteiger partial charge on any atom is 0.227 e. The number of fused-ring (bicyclic) bond motifs is 1. The first kappa shape index (κ1) is 18.7. The Labute approximate surface area is 166 Å². The summed E-state index contributed by atoms with van der Waals surface area (Å²) in [6, 6.07) is 16.3. The van der Waals surface area contributed by atoms with E-state index in [-0.39, 0.29) is 17.7 Å². The smallest absolute Gasteiger partial charge is 0.227 e. The Kier molecular flexibility index (Phi) is 5.75. The number of amides is 2. The molecule has 1 N–H and O–H groups in total. The van der Waals surface area contributed by atoms with E-state index in [1.165, 1.54) is 11.1 Å². The summed E-state index contributed by atoms with van der Waals surface area (Å²) in [7, 11) is 0. The van der Waals surface area contributed by atoms with Crippen molar-refractivity contribution in [3.63, 3.8) is 0 Å². The van der Waals surface area contributed by atoms with Gasteiger partial charge in [-0.25, -0.2) is 0 Å². The molecule has 0 radical (unpaired) electrons. The second-order valence-electron chi connectivity index (χ2n) is 7.98. The highest BCUT2D eigenvalue weighted by Crippen LogP contribution is 2.26. The van der Waals surface area contributed by atoms with E-state index >= 15 is 0 Å². The van der Waals surface area contributed by atoms with Gasteiger partial charge >= 0.3 is 0 Å². The number of benzene rings is 2. The summed E-state index contributed by atoms with van der Waals surface area (Å²) in [5, 5.41) is 3.07. The first-order chi connectivity index (χ1) is 13.7. The van der Waals surface area contributed by atoms with Gasteiger partial charge in [-0.05, 0) is 67.3 Å². The van der Waals surface area contributed by atoms with Gasteiger partial charge in [-0.15, -0.1) is 0 Å². The van der Waals surface area contributed by atoms with Crippen molar-refractivity contribution in [3.05, 3.63) is 65.2 Å². The number of nitrogens with one attached hydrogen (secondary N) is 1. The summed E-state index contributed by atoms with van der Waals surface area (Å²) in [5.41, 5.74) is 4.64. The van der Waals surface area contributed by atoms with Crippen LogP contribution < -0.4 is 5.32 Å². The lowest BCUT2D eigenvalue weighted by Crippen LogP contribution is -2.28. The zero-order valence-corrected chi connectivity index (χ0v) is 16.3. The van der Waals surface area contributed by atoms with Crippen LogP contribution in [0.3, 0.4) is 0 Å². The third kappa shape index (κ3) is 4.44. The first-order valence-electron chi connectivity index (χ1n) is 10.4. The van der Waals surface area contributed by atoms with E-state index in [9.17, 15) is 9.59 Å². The Morgan fingerprint density at radius 2 is 1.68 bits per heavy atom. The van der Waals surface area contributed by atoms with E-state index in [1.807, 2.05) is 35.2 Å². The van der Waals surface area contributed by atoms with Crippen molar-refractivity contribution in [2.24, 2.45) is 5.92 Å². The first-order valence-corrected chi connectivity index (χ1v) is 10.4. The lowest BCUT2D eigenvalue weighted by molar-refractivity contribution is -0.130. The van der Waals surface area contributed by atoms with Gasteiger partial charge in [0, 0.05) is 31.1 Å². The van der Waals surface area contributed by atoms with Crippen molar-refractivity contribution in [3.8, 4) is 0 Å². The normalized spacial score (nSPS) is 18.6. The lowest BCUT2D eigenvalue weighted by Gasteiger charge is -2.23. The molecule has 1 atom stereocenters. The van der Waals surface area contributed by atoms with Crippen LogP contribution in [-0.4, -0.2) is 29.8 Å². The fourth-order valence-corrected chi connectivity index (χ4v) is 4.30. The van der Waals surface area contributed by atoms with Gasteiger partial charge in [-0.2, -0.15) is 0 Å². The summed E-state index contributed by atoms with van der Waals surface area (Å²) < 4.78 is 0. The topological polar surface area (TPSA) is 49.4 Å². The zero-order valence-electron chi connectivity index (χ0n) is 16.3. The van der Waals surface area contributed by atoms with Crippen LogP contribution in [0.4, 0.5) is 5.69 Å². The van der Waals surface area contributed by atoms with Crippen molar-refractivity contribution < 1.29 is 9.59 Å².